The maximum absolute atomic E-state index is 7.00. The van der Waals surface area contributed by atoms with Crippen LogP contribution < -0.4 is 10.4 Å². The predicted molar refractivity (Wildman–Crippen MR) is 230 cm³/mol. The summed E-state index contributed by atoms with van der Waals surface area (Å²) in [4.78, 5) is 9.59. The zero-order chi connectivity index (χ0) is 39.5. The Balaban J connectivity index is 0.000000330. The van der Waals surface area contributed by atoms with Gasteiger partial charge in [-0.2, -0.15) is 0 Å². The molecule has 0 fully saturated rings. The fourth-order valence-electron chi connectivity index (χ4n) is 7.29. The third kappa shape index (κ3) is 11.0. The van der Waals surface area contributed by atoms with Crippen molar-refractivity contribution in [2.24, 2.45) is 0 Å². The van der Waals surface area contributed by atoms with Crippen LogP contribution in [0.15, 0.2) is 60.9 Å². The minimum absolute atomic E-state index is 0. The van der Waals surface area contributed by atoms with Crippen molar-refractivity contribution in [3.8, 4) is 22.5 Å². The molecule has 0 bridgehead atoms. The minimum Gasteiger partial charge on any atom is -0.400 e. The second kappa shape index (κ2) is 17.7. The van der Waals surface area contributed by atoms with Crippen LogP contribution in [0.5, 0.6) is 0 Å². The molecule has 2 aliphatic rings. The molecule has 1 radical (unpaired) electrons. The number of nitrogens with zero attached hydrogens (tertiary/aromatic N) is 2. The molecular formula is C46H68IrN2O2Si2-2. The normalized spacial score (nSPS) is 17.4. The first kappa shape index (κ1) is 46.9. The largest absolute Gasteiger partial charge is 0.400 e. The summed E-state index contributed by atoms with van der Waals surface area (Å²) in [7, 11) is -0.549. The van der Waals surface area contributed by atoms with Crippen molar-refractivity contribution in [2.75, 3.05) is 14.2 Å². The first-order chi connectivity index (χ1) is 24.0. The number of rotatable bonds is 4. The molecule has 2 aromatic heterocycles. The van der Waals surface area contributed by atoms with Gasteiger partial charge in [0.15, 0.2) is 0 Å². The van der Waals surface area contributed by atoms with Crippen molar-refractivity contribution in [2.45, 2.75) is 142 Å². The van der Waals surface area contributed by atoms with Gasteiger partial charge in [0.05, 0.1) is 0 Å². The molecule has 2 aliphatic carbocycles. The second-order valence-electron chi connectivity index (χ2n) is 19.2. The molecule has 53 heavy (non-hydrogen) atoms. The fourth-order valence-corrected chi connectivity index (χ4v) is 9.47. The topological polar surface area (TPSA) is 66.2 Å². The second-order valence-corrected chi connectivity index (χ2v) is 29.4. The molecule has 0 saturated carbocycles. The number of aromatic nitrogens is 2. The molecule has 0 amide bonds. The van der Waals surface area contributed by atoms with E-state index in [1.807, 2.05) is 0 Å². The Kier molecular flexibility index (Phi) is 15.7. The summed E-state index contributed by atoms with van der Waals surface area (Å²) in [5.41, 5.74) is 11.0. The third-order valence-electron chi connectivity index (χ3n) is 11.4. The number of aliphatic hydroxyl groups is 2. The molecule has 2 N–H and O–H groups in total. The van der Waals surface area contributed by atoms with Gasteiger partial charge in [-0.3, -0.25) is 0 Å². The average molecular weight is 929 g/mol. The van der Waals surface area contributed by atoms with Crippen molar-refractivity contribution in [1.82, 2.24) is 9.97 Å². The van der Waals surface area contributed by atoms with E-state index < -0.39 is 16.1 Å². The van der Waals surface area contributed by atoms with Gasteiger partial charge in [0.2, 0.25) is 0 Å². The summed E-state index contributed by atoms with van der Waals surface area (Å²) >= 11 is 0. The summed E-state index contributed by atoms with van der Waals surface area (Å²) in [6.45, 7) is 33.1. The summed E-state index contributed by atoms with van der Waals surface area (Å²) in [5.74, 6) is 0. The molecule has 293 valence electrons. The van der Waals surface area contributed by atoms with Crippen LogP contribution in [0.4, 0.5) is 0 Å². The van der Waals surface area contributed by atoms with E-state index in [9.17, 15) is 0 Å². The summed E-state index contributed by atoms with van der Waals surface area (Å²) in [6, 6.07) is 24.9. The first-order valence-electron chi connectivity index (χ1n) is 19.0. The number of aliphatic hydroxyl groups excluding tert-OH is 2. The first-order valence-corrected chi connectivity index (χ1v) is 26.0. The molecule has 2 heterocycles. The van der Waals surface area contributed by atoms with E-state index in [4.69, 9.17) is 20.2 Å². The number of hydrogen-bond donors (Lipinski definition) is 2. The van der Waals surface area contributed by atoms with Crippen molar-refractivity contribution in [3.63, 3.8) is 0 Å². The minimum atomic E-state index is -1.27. The van der Waals surface area contributed by atoms with Crippen LogP contribution in [0.1, 0.15) is 103 Å². The molecule has 6 rings (SSSR count). The molecular weight excluding hydrogens is 861 g/mol. The number of hydrogen-bond acceptors (Lipinski definition) is 4. The van der Waals surface area contributed by atoms with Gasteiger partial charge in [0.1, 0.15) is 0 Å². The van der Waals surface area contributed by atoms with E-state index in [1.54, 1.807) is 0 Å². The van der Waals surface area contributed by atoms with E-state index in [0.717, 1.165) is 36.7 Å². The van der Waals surface area contributed by atoms with Gasteiger partial charge in [0.25, 0.3) is 0 Å². The zero-order valence-corrected chi connectivity index (χ0v) is 40.1. The van der Waals surface area contributed by atoms with Crippen molar-refractivity contribution >= 4 is 26.5 Å². The number of fused-ring (bicyclic) bond motifs is 2. The Bertz CT molecular complexity index is 1650. The van der Waals surface area contributed by atoms with E-state index in [2.05, 4.69) is 168 Å². The Morgan fingerprint density at radius 1 is 0.491 bits per heavy atom. The molecule has 0 aliphatic heterocycles. The van der Waals surface area contributed by atoms with Crippen molar-refractivity contribution < 1.29 is 30.3 Å². The van der Waals surface area contributed by atoms with Crippen molar-refractivity contribution in [3.05, 3.63) is 95.3 Å². The van der Waals surface area contributed by atoms with Crippen LogP contribution in [0.25, 0.3) is 22.5 Å². The Labute approximate surface area is 339 Å². The van der Waals surface area contributed by atoms with Gasteiger partial charge in [0, 0.05) is 62.9 Å². The smallest absolute Gasteiger partial charge is 0.0319 e. The van der Waals surface area contributed by atoms with E-state index in [1.165, 1.54) is 58.3 Å². The van der Waals surface area contributed by atoms with E-state index >= 15 is 0 Å². The van der Waals surface area contributed by atoms with Gasteiger partial charge >= 0.3 is 0 Å². The molecule has 7 heteroatoms. The van der Waals surface area contributed by atoms with Gasteiger partial charge in [-0.15, -0.1) is 70.0 Å². The van der Waals surface area contributed by atoms with Gasteiger partial charge < -0.3 is 20.2 Å². The van der Waals surface area contributed by atoms with Crippen LogP contribution in [-0.2, 0) is 41.8 Å². The van der Waals surface area contributed by atoms with Crippen LogP contribution in [0.3, 0.4) is 0 Å². The summed E-state index contributed by atoms with van der Waals surface area (Å²) < 4.78 is 0. The van der Waals surface area contributed by atoms with E-state index in [0.29, 0.717) is 0 Å². The maximum atomic E-state index is 7.00. The van der Waals surface area contributed by atoms with Crippen LogP contribution in [0, 0.1) is 12.1 Å². The molecule has 0 atom stereocenters. The monoisotopic (exact) mass is 929 g/mol. The standard InChI is InChI=1S/2C22H30NSi.2CH4O.Ir/c2*1-21(2)12-13-22(3,4)19-15-23-20(14-18(19)21)16-8-10-17(11-9-16)24(5,6)7;2*1-2;/h2*8,10-11,14-15H,12-13H2,1-7H3;2*2H,1H3;/q2*-1;;;. The number of pyridine rings is 2. The quantitative estimate of drug-likeness (QED) is 0.158. The van der Waals surface area contributed by atoms with Gasteiger partial charge in [-0.05, 0) is 81.0 Å². The third-order valence-corrected chi connectivity index (χ3v) is 15.5. The molecule has 4 aromatic rings. The van der Waals surface area contributed by atoms with Gasteiger partial charge in [-0.25, -0.2) is 0 Å². The maximum Gasteiger partial charge on any atom is 0.0319 e. The zero-order valence-electron chi connectivity index (χ0n) is 35.7. The Hall–Kier alpha value is -2.26. The summed E-state index contributed by atoms with van der Waals surface area (Å²) in [6.07, 6.45) is 9.15. The average Bonchev–Trinajstić information content (AvgIpc) is 3.10. The Morgan fingerprint density at radius 3 is 1.02 bits per heavy atom. The van der Waals surface area contributed by atoms with Crippen LogP contribution in [0.2, 0.25) is 39.3 Å². The molecule has 0 unspecified atom stereocenters. The molecule has 4 nitrogen and oxygen atoms in total. The molecule has 0 spiro atoms. The Morgan fingerprint density at radius 2 is 0.774 bits per heavy atom. The predicted octanol–water partition coefficient (Wildman–Crippen LogP) is 10.1. The number of benzene rings is 2. The van der Waals surface area contributed by atoms with Crippen molar-refractivity contribution in [1.29, 1.82) is 0 Å². The van der Waals surface area contributed by atoms with Crippen LogP contribution in [-0.4, -0.2) is 50.5 Å². The van der Waals surface area contributed by atoms with Crippen LogP contribution >= 0.6 is 0 Å². The van der Waals surface area contributed by atoms with Gasteiger partial charge in [-0.1, -0.05) is 107 Å². The molecule has 0 saturated heterocycles. The SMILES string of the molecule is CC1(C)CCC(C)(C)c2cc(-c3[c-]cc([Si](C)(C)C)cc3)ncc21.CC1(C)CCC(C)(C)c2cc(-c3[c-]cc([Si](C)(C)C)cc3)ncc21.CO.CO.[Ir]. The molecule has 2 aromatic carbocycles. The fraction of sp³-hybridized carbons (Fsp3) is 0.522. The summed E-state index contributed by atoms with van der Waals surface area (Å²) in [5, 5.41) is 16.9. The van der Waals surface area contributed by atoms with E-state index in [-0.39, 0.29) is 41.8 Å².